The lowest BCUT2D eigenvalue weighted by atomic mass is 10.2. The maximum Gasteiger partial charge on any atom is 0.527 e. The highest BCUT2D eigenvalue weighted by molar-refractivity contribution is 7.49. The van der Waals surface area contributed by atoms with Gasteiger partial charge in [0.25, 0.3) is 16.7 Å². The van der Waals surface area contributed by atoms with Crippen LogP contribution in [0, 0.1) is 0 Å². The van der Waals surface area contributed by atoms with Crippen LogP contribution in [0.25, 0.3) is 33.5 Å². The number of benzene rings is 1. The van der Waals surface area contributed by atoms with Crippen molar-refractivity contribution in [3.8, 4) is 5.75 Å². The van der Waals surface area contributed by atoms with Crippen LogP contribution in [-0.4, -0.2) is 237 Å². The fourth-order valence-electron chi connectivity index (χ4n) is 15.0. The minimum absolute atomic E-state index is 0.101. The number of H-pyrrole nitrogens is 3. The number of hydrogen-bond donors (Lipinski definition) is 15. The predicted molar refractivity (Wildman–Crippen MR) is 439 cm³/mol. The van der Waals surface area contributed by atoms with Gasteiger partial charge in [0.2, 0.25) is 17.8 Å². The number of nitrogens with one attached hydrogen (secondary N) is 3. The molecule has 68 heteroatoms. The topological polar surface area (TPSA) is 851 Å². The smallest absolute Gasteiger partial charge is 0.403 e. The SMILES string of the molecule is COC[C@H]1O[C@@H](n2ccc(N)nc2=O)C[C@@H]1OP(=O)(O)OC[C@H]1O[C@@H](n2ccc(N)nc2=O)C[C@@H]1OP(=O)(O)OC[C@H]1O[C@@H](n2cnc3c(=O)[nH]c(N)nc32)C[C@@H]1OP(=O)(O)OC[C@H]1O[C@@H](n2ccc(N)nc2=O)C[C@@H]1OP(=O)(O)OC[C@H]1O[C@@H](n2cnc3c(=O)[nH]c(N)nc32)C[C@@H]1OP(=O)(O)OC[C@H]1O[C@@H](n2cnc3c(=O)[nH]c(N)nc32)C[C@@H]1OP(=O)(O)Oc1ccccc1Cl. The van der Waals surface area contributed by atoms with Gasteiger partial charge >= 0.3 is 64.0 Å². The molecule has 9 aromatic heterocycles. The molecule has 132 heavy (non-hydrogen) atoms. The number of ether oxygens (including phenoxy) is 7. The maximum atomic E-state index is 14.6. The van der Waals surface area contributed by atoms with Gasteiger partial charge in [0.05, 0.1) is 63.6 Å². The van der Waals surface area contributed by atoms with Crippen molar-refractivity contribution < 1.29 is 144 Å². The number of anilines is 6. The summed E-state index contributed by atoms with van der Waals surface area (Å²) in [5.74, 6) is -2.02. The van der Waals surface area contributed by atoms with Gasteiger partial charge in [0.15, 0.2) is 33.5 Å². The van der Waals surface area contributed by atoms with Gasteiger partial charge in [-0.25, -0.2) is 56.7 Å². The molecule has 1 aromatic carbocycles. The third-order valence-corrected chi connectivity index (χ3v) is 27.2. The number of aromatic nitrogens is 18. The van der Waals surface area contributed by atoms with Crippen molar-refractivity contribution in [2.75, 3.05) is 81.2 Å². The summed E-state index contributed by atoms with van der Waals surface area (Å²) >= 11 is 6.21. The minimum Gasteiger partial charge on any atom is -0.403 e. The Labute approximate surface area is 739 Å². The lowest BCUT2D eigenvalue weighted by Crippen LogP contribution is -2.32. The van der Waals surface area contributed by atoms with Crippen molar-refractivity contribution in [3.05, 3.63) is 148 Å². The summed E-state index contributed by atoms with van der Waals surface area (Å²) in [6.45, 7) is -5.72. The molecule has 15 heterocycles. The van der Waals surface area contributed by atoms with Crippen LogP contribution in [0.15, 0.2) is 109 Å². The lowest BCUT2D eigenvalue weighted by molar-refractivity contribution is -0.0658. The Bertz CT molecular complexity index is 6710. The zero-order chi connectivity index (χ0) is 94.0. The molecule has 6 aliphatic rings. The number of methoxy groups -OCH3 is 1. The first-order chi connectivity index (χ1) is 62.5. The van der Waals surface area contributed by atoms with Gasteiger partial charge in [-0.15, -0.1) is 0 Å². The second kappa shape index (κ2) is 38.2. The molecule has 21 N–H and O–H groups in total. The Kier molecular flexibility index (Phi) is 27.6. The number of aromatic amines is 3. The monoisotopic (exact) mass is 2000 g/mol. The normalized spacial score (nSPS) is 28.5. The van der Waals surface area contributed by atoms with Gasteiger partial charge in [0, 0.05) is 64.2 Å². The van der Waals surface area contributed by atoms with Crippen LogP contribution in [0.1, 0.15) is 75.9 Å². The molecule has 61 nitrogen and oxygen atoms in total. The number of para-hydroxylation sites is 1. The number of phosphoric acid groups is 6. The first kappa shape index (κ1) is 95.4. The third-order valence-electron chi connectivity index (χ3n) is 20.9. The Morgan fingerprint density at radius 3 is 0.879 bits per heavy atom. The first-order valence-electron chi connectivity index (χ1n) is 38.8. The summed E-state index contributed by atoms with van der Waals surface area (Å²) in [4.78, 5) is 190. The average Bonchev–Trinajstić information content (AvgIpc) is 1.63. The van der Waals surface area contributed by atoms with Crippen LogP contribution in [0.5, 0.6) is 5.75 Å². The Balaban J connectivity index is 0.614. The van der Waals surface area contributed by atoms with Crippen LogP contribution < -0.4 is 72.7 Å². The van der Waals surface area contributed by atoms with E-state index in [0.717, 1.165) is 54.2 Å². The Morgan fingerprint density at radius 2 is 0.621 bits per heavy atom. The van der Waals surface area contributed by atoms with E-state index in [-0.39, 0.29) is 80.7 Å². The number of halogens is 1. The van der Waals surface area contributed by atoms with Crippen LogP contribution in [0.3, 0.4) is 0 Å². The number of imidazole rings is 3. The molecule has 0 amide bonds. The highest BCUT2D eigenvalue weighted by Gasteiger charge is 2.53. The molecule has 10 aromatic rings. The second-order valence-corrected chi connectivity index (χ2v) is 38.5. The molecule has 0 radical (unpaired) electrons. The van der Waals surface area contributed by atoms with E-state index >= 15 is 0 Å². The standard InChI is InChI=1S/C64H79ClN24O37P6/c1-108-18-35-29(12-44(114-35)84-9-6-41(66)75-62(84)93)121-127(96,97)109-19-36-30(13-45(115-36)85-10-7-42(67)76-63(85)94)122-128(98,99)111-21-38-32(15-47(117-38)87-24-72-50-53(87)78-59(69)81-56(50)90)124-130(102,103)110-20-37-31(14-46(116-37)86-11-8-43(68)77-64(86)95)123-129(100,101)112-22-39-33(16-48(118-39)88-25-73-51-54(88)79-60(70)82-57(51)91)125-131(104,105)113-23-40-34(126-132(106,107)120-28-5-3-2-4-27(28)65)17-49(119-40)89-26-74-52-55(89)80-61(71)83-58(52)92/h2-11,24-26,29-40,44-49H,12-23H2,1H3,(H,96,97)(H,98,99)(H,100,101)(H,102,103)(H,104,105)(H,106,107)(H2,66,75,93)(H2,67,76,94)(H2,68,77,95)(H3,69,78,81,90)(H3,70,79,82,91)(H3,71,80,83,92)/t29-,30-,31-,32-,33-,34-,35+,36+,37+,38+,39+,40+,44+,45+,46+,47+,48+,49+/m0/s1. The van der Waals surface area contributed by atoms with E-state index in [1.54, 1.807) is 0 Å². The molecular weight excluding hydrogens is 1920 g/mol. The summed E-state index contributed by atoms with van der Waals surface area (Å²) in [7, 11) is -31.8. The molecule has 0 bridgehead atoms. The average molecular weight is 2000 g/mol. The fourth-order valence-corrected chi connectivity index (χ4v) is 21.1. The summed E-state index contributed by atoms with van der Waals surface area (Å²) in [5, 5.41) is -0.103. The number of nitrogens with zero attached hydrogens (tertiary/aromatic N) is 15. The van der Waals surface area contributed by atoms with E-state index in [0.29, 0.717) is 0 Å². The molecule has 6 fully saturated rings. The number of nitrogen functional groups attached to an aromatic ring is 6. The van der Waals surface area contributed by atoms with Crippen molar-refractivity contribution in [2.24, 2.45) is 0 Å². The van der Waals surface area contributed by atoms with Crippen LogP contribution in [0.2, 0.25) is 5.02 Å². The summed E-state index contributed by atoms with van der Waals surface area (Å²) in [6, 6.07) is 9.22. The summed E-state index contributed by atoms with van der Waals surface area (Å²) in [5.41, 5.74) is 28.2. The van der Waals surface area contributed by atoms with Crippen LogP contribution in [-0.2, 0) is 110 Å². The maximum absolute atomic E-state index is 14.6. The number of fused-ring (bicyclic) bond motifs is 3. The molecule has 0 spiro atoms. The largest absolute Gasteiger partial charge is 0.527 e. The highest BCUT2D eigenvalue weighted by atomic mass is 35.5. The van der Waals surface area contributed by atoms with E-state index in [1.165, 1.54) is 60.3 Å². The Morgan fingerprint density at radius 1 is 0.371 bits per heavy atom. The Hall–Kier alpha value is -9.78. The molecule has 0 aliphatic carbocycles. The molecule has 0 saturated carbocycles. The van der Waals surface area contributed by atoms with Gasteiger partial charge < -0.3 is 96.6 Å². The van der Waals surface area contributed by atoms with Gasteiger partial charge in [-0.3, -0.25) is 111 Å². The number of nitrogens with two attached hydrogens (primary N) is 6. The third kappa shape index (κ3) is 21.9. The van der Waals surface area contributed by atoms with E-state index in [2.05, 4.69) is 59.8 Å². The minimum atomic E-state index is -5.70. The van der Waals surface area contributed by atoms with Crippen molar-refractivity contribution in [2.45, 2.75) is 149 Å². The second-order valence-electron chi connectivity index (χ2n) is 29.8. The summed E-state index contributed by atoms with van der Waals surface area (Å²) < 4.78 is 200. The van der Waals surface area contributed by atoms with Crippen molar-refractivity contribution in [3.63, 3.8) is 0 Å². The zero-order valence-electron chi connectivity index (χ0n) is 67.5. The van der Waals surface area contributed by atoms with Crippen molar-refractivity contribution >= 4 is 127 Å². The number of phosphoric ester groups is 6. The van der Waals surface area contributed by atoms with E-state index in [1.807, 2.05) is 0 Å². The van der Waals surface area contributed by atoms with E-state index in [9.17, 15) is 85.5 Å². The van der Waals surface area contributed by atoms with E-state index < -0.39 is 268 Å². The molecule has 6 aliphatic heterocycles. The van der Waals surface area contributed by atoms with Crippen molar-refractivity contribution in [1.29, 1.82) is 0 Å². The molecule has 24 atom stereocenters. The fraction of sp³-hybridized carbons (Fsp3) is 0.484. The predicted octanol–water partition coefficient (Wildman–Crippen LogP) is -0.250. The summed E-state index contributed by atoms with van der Waals surface area (Å²) in [6.07, 6.45) is -24.3. The van der Waals surface area contributed by atoms with Crippen LogP contribution in [0.4, 0.5) is 35.3 Å². The first-order valence-corrected chi connectivity index (χ1v) is 48.2. The molecular formula is C64H79ClN24O37P6. The zero-order valence-corrected chi connectivity index (χ0v) is 73.6. The molecule has 6 unspecified atom stereocenters. The quantitative estimate of drug-likeness (QED) is 0.0223. The van der Waals surface area contributed by atoms with Gasteiger partial charge in [-0.2, -0.15) is 29.9 Å². The van der Waals surface area contributed by atoms with Crippen molar-refractivity contribution in [1.82, 2.24) is 87.2 Å². The molecule has 714 valence electrons. The highest BCUT2D eigenvalue weighted by Crippen LogP contribution is 2.58. The lowest BCUT2D eigenvalue weighted by Gasteiger charge is -2.26. The van der Waals surface area contributed by atoms with E-state index in [4.69, 9.17) is 133 Å². The van der Waals surface area contributed by atoms with Crippen LogP contribution >= 0.6 is 58.5 Å². The molecule has 6 saturated heterocycles. The number of hydrogen-bond acceptors (Lipinski definition) is 46. The van der Waals surface area contributed by atoms with Gasteiger partial charge in [-0.1, -0.05) is 23.7 Å². The number of rotatable bonds is 37. The van der Waals surface area contributed by atoms with Gasteiger partial charge in [0.1, 0.15) is 134 Å². The molecule has 16 rings (SSSR count). The van der Waals surface area contributed by atoms with Gasteiger partial charge in [-0.05, 0) is 30.3 Å².